The molecule has 0 saturated heterocycles. The zero-order chi connectivity index (χ0) is 11.3. The Balaban J connectivity index is 2.43. The summed E-state index contributed by atoms with van der Waals surface area (Å²) in [6, 6.07) is 0. The normalized spacial score (nSPS) is 13.1. The van der Waals surface area contributed by atoms with Crippen molar-refractivity contribution in [2.24, 2.45) is 7.05 Å². The lowest BCUT2D eigenvalue weighted by Gasteiger charge is -2.10. The highest BCUT2D eigenvalue weighted by Crippen LogP contribution is 2.22. The molecular formula is C9H16BrN3O2. The summed E-state index contributed by atoms with van der Waals surface area (Å²) in [5.41, 5.74) is 0.690. The molecule has 0 amide bonds. The third-order valence-electron chi connectivity index (χ3n) is 2.03. The molecule has 0 fully saturated rings. The fourth-order valence-electron chi connectivity index (χ4n) is 1.27. The molecule has 0 spiro atoms. The van der Waals surface area contributed by atoms with E-state index in [4.69, 9.17) is 4.74 Å². The van der Waals surface area contributed by atoms with E-state index in [1.807, 2.05) is 0 Å². The Kier molecular flexibility index (Phi) is 5.21. The Hall–Kier alpha value is -0.460. The Bertz CT molecular complexity index is 284. The van der Waals surface area contributed by atoms with Crippen LogP contribution in [0.5, 0.6) is 0 Å². The quantitative estimate of drug-likeness (QED) is 0.800. The molecule has 0 saturated carbocycles. The molecule has 1 unspecified atom stereocenters. The highest BCUT2D eigenvalue weighted by Gasteiger charge is 2.17. The van der Waals surface area contributed by atoms with Crippen LogP contribution in [0.25, 0.3) is 0 Å². The van der Waals surface area contributed by atoms with Gasteiger partial charge in [-0.2, -0.15) is 0 Å². The standard InChI is InChI=1S/C9H16BrN3O2/c1-3-5-15-6-4-7(14)8-9(10)11-12-13(8)2/h7,14H,3-6H2,1-2H3. The lowest BCUT2D eigenvalue weighted by Crippen LogP contribution is -2.09. The second-order valence-electron chi connectivity index (χ2n) is 3.31. The van der Waals surface area contributed by atoms with Crippen LogP contribution >= 0.6 is 15.9 Å². The zero-order valence-electron chi connectivity index (χ0n) is 8.98. The van der Waals surface area contributed by atoms with Crippen LogP contribution in [0.3, 0.4) is 0 Å². The van der Waals surface area contributed by atoms with Crippen molar-refractivity contribution in [1.29, 1.82) is 0 Å². The molecule has 0 radical (unpaired) electrons. The Morgan fingerprint density at radius 2 is 2.27 bits per heavy atom. The van der Waals surface area contributed by atoms with Crippen LogP contribution in [0.4, 0.5) is 0 Å². The predicted molar refractivity (Wildman–Crippen MR) is 59.4 cm³/mol. The van der Waals surface area contributed by atoms with E-state index in [0.29, 0.717) is 23.3 Å². The molecule has 1 aromatic rings. The highest BCUT2D eigenvalue weighted by molar-refractivity contribution is 9.10. The van der Waals surface area contributed by atoms with E-state index in [-0.39, 0.29) is 0 Å². The summed E-state index contributed by atoms with van der Waals surface area (Å²) >= 11 is 3.25. The number of hydrogen-bond acceptors (Lipinski definition) is 4. The largest absolute Gasteiger partial charge is 0.387 e. The van der Waals surface area contributed by atoms with Gasteiger partial charge in [0.25, 0.3) is 0 Å². The average Bonchev–Trinajstić information content (AvgIpc) is 2.53. The van der Waals surface area contributed by atoms with Gasteiger partial charge in [-0.15, -0.1) is 5.10 Å². The topological polar surface area (TPSA) is 60.2 Å². The first kappa shape index (κ1) is 12.6. The Morgan fingerprint density at radius 3 is 2.80 bits per heavy atom. The number of aliphatic hydroxyl groups is 1. The predicted octanol–water partition coefficient (Wildman–Crippen LogP) is 1.43. The molecule has 0 aliphatic carbocycles. The lowest BCUT2D eigenvalue weighted by molar-refractivity contribution is 0.0783. The molecule has 0 aliphatic heterocycles. The molecule has 1 aromatic heterocycles. The van der Waals surface area contributed by atoms with E-state index in [2.05, 4.69) is 33.2 Å². The molecule has 1 N–H and O–H groups in total. The molecule has 1 rings (SSSR count). The van der Waals surface area contributed by atoms with Crippen molar-refractivity contribution >= 4 is 15.9 Å². The number of ether oxygens (including phenoxy) is 1. The number of aliphatic hydroxyl groups excluding tert-OH is 1. The van der Waals surface area contributed by atoms with Crippen LogP contribution in [0, 0.1) is 0 Å². The highest BCUT2D eigenvalue weighted by atomic mass is 79.9. The maximum atomic E-state index is 9.86. The second kappa shape index (κ2) is 6.19. The lowest BCUT2D eigenvalue weighted by atomic mass is 10.2. The first-order chi connectivity index (χ1) is 7.16. The fourth-order valence-corrected chi connectivity index (χ4v) is 1.86. The summed E-state index contributed by atoms with van der Waals surface area (Å²) in [5.74, 6) is 0. The monoisotopic (exact) mass is 277 g/mol. The SMILES string of the molecule is CCCOCCC(O)c1c(Br)nnn1C. The minimum atomic E-state index is -0.587. The minimum absolute atomic E-state index is 0.548. The van der Waals surface area contributed by atoms with Gasteiger partial charge in [-0.05, 0) is 22.4 Å². The van der Waals surface area contributed by atoms with E-state index in [1.54, 1.807) is 11.7 Å². The molecule has 86 valence electrons. The van der Waals surface area contributed by atoms with E-state index in [0.717, 1.165) is 13.0 Å². The summed E-state index contributed by atoms with van der Waals surface area (Å²) < 4.78 is 7.46. The summed E-state index contributed by atoms with van der Waals surface area (Å²) in [4.78, 5) is 0. The van der Waals surface area contributed by atoms with Crippen molar-refractivity contribution in [1.82, 2.24) is 15.0 Å². The molecule has 0 aromatic carbocycles. The van der Waals surface area contributed by atoms with Gasteiger partial charge < -0.3 is 9.84 Å². The Labute approximate surface area is 97.6 Å². The first-order valence-electron chi connectivity index (χ1n) is 4.97. The molecule has 6 heteroatoms. The number of halogens is 1. The van der Waals surface area contributed by atoms with Gasteiger partial charge in [0.05, 0.1) is 0 Å². The molecule has 1 atom stereocenters. The van der Waals surface area contributed by atoms with Crippen LogP contribution in [-0.4, -0.2) is 33.3 Å². The second-order valence-corrected chi connectivity index (χ2v) is 4.06. The summed E-state index contributed by atoms with van der Waals surface area (Å²) in [7, 11) is 1.75. The van der Waals surface area contributed by atoms with E-state index in [9.17, 15) is 5.11 Å². The van der Waals surface area contributed by atoms with E-state index >= 15 is 0 Å². The molecule has 15 heavy (non-hydrogen) atoms. The van der Waals surface area contributed by atoms with Gasteiger partial charge in [0.2, 0.25) is 0 Å². The molecule has 0 bridgehead atoms. The smallest absolute Gasteiger partial charge is 0.154 e. The summed E-state index contributed by atoms with van der Waals surface area (Å²) in [6.07, 6.45) is 0.962. The van der Waals surface area contributed by atoms with Gasteiger partial charge in [-0.25, -0.2) is 4.68 Å². The van der Waals surface area contributed by atoms with Crippen LogP contribution in [-0.2, 0) is 11.8 Å². The minimum Gasteiger partial charge on any atom is -0.387 e. The van der Waals surface area contributed by atoms with E-state index < -0.39 is 6.10 Å². The summed E-state index contributed by atoms with van der Waals surface area (Å²) in [5, 5.41) is 17.5. The van der Waals surface area contributed by atoms with Gasteiger partial charge in [-0.3, -0.25) is 0 Å². The van der Waals surface area contributed by atoms with Gasteiger partial charge in [-0.1, -0.05) is 12.1 Å². The Morgan fingerprint density at radius 1 is 1.53 bits per heavy atom. The van der Waals surface area contributed by atoms with Crippen molar-refractivity contribution in [2.45, 2.75) is 25.9 Å². The number of rotatable bonds is 6. The maximum Gasteiger partial charge on any atom is 0.154 e. The summed E-state index contributed by atoms with van der Waals surface area (Å²) in [6.45, 7) is 3.34. The van der Waals surface area contributed by atoms with Gasteiger partial charge >= 0.3 is 0 Å². The van der Waals surface area contributed by atoms with Crippen molar-refractivity contribution in [3.63, 3.8) is 0 Å². The van der Waals surface area contributed by atoms with E-state index in [1.165, 1.54) is 0 Å². The van der Waals surface area contributed by atoms with Crippen molar-refractivity contribution < 1.29 is 9.84 Å². The number of aromatic nitrogens is 3. The number of hydrogen-bond donors (Lipinski definition) is 1. The van der Waals surface area contributed by atoms with Crippen LogP contribution in [0.1, 0.15) is 31.6 Å². The van der Waals surface area contributed by atoms with Gasteiger partial charge in [0.15, 0.2) is 4.60 Å². The molecule has 0 aliphatic rings. The zero-order valence-corrected chi connectivity index (χ0v) is 10.6. The van der Waals surface area contributed by atoms with Crippen molar-refractivity contribution in [2.75, 3.05) is 13.2 Å². The third kappa shape index (κ3) is 3.55. The van der Waals surface area contributed by atoms with Crippen molar-refractivity contribution in [3.8, 4) is 0 Å². The van der Waals surface area contributed by atoms with Gasteiger partial charge in [0, 0.05) is 26.7 Å². The molecular weight excluding hydrogens is 262 g/mol. The van der Waals surface area contributed by atoms with Crippen LogP contribution in [0.15, 0.2) is 4.60 Å². The molecule has 1 heterocycles. The first-order valence-corrected chi connectivity index (χ1v) is 5.77. The number of aryl methyl sites for hydroxylation is 1. The molecule has 5 nitrogen and oxygen atoms in total. The van der Waals surface area contributed by atoms with Crippen LogP contribution < -0.4 is 0 Å². The van der Waals surface area contributed by atoms with Crippen molar-refractivity contribution in [3.05, 3.63) is 10.3 Å². The van der Waals surface area contributed by atoms with Gasteiger partial charge in [0.1, 0.15) is 11.8 Å². The van der Waals surface area contributed by atoms with Crippen LogP contribution in [0.2, 0.25) is 0 Å². The third-order valence-corrected chi connectivity index (χ3v) is 2.59. The average molecular weight is 278 g/mol. The fraction of sp³-hybridized carbons (Fsp3) is 0.778. The maximum absolute atomic E-state index is 9.86. The number of nitrogens with zero attached hydrogens (tertiary/aromatic N) is 3.